The molecule has 0 amide bonds. The van der Waals surface area contributed by atoms with Crippen LogP contribution in [0.1, 0.15) is 18.0 Å². The SMILES string of the molecule is Clc1ccccc1-c1ccc(CNC2CCc3ncnn3C2)o1. The molecule has 0 saturated carbocycles. The molecule has 0 fully saturated rings. The van der Waals surface area contributed by atoms with Crippen molar-refractivity contribution in [3.8, 4) is 11.3 Å². The molecular formula is C17H17ClN4O. The van der Waals surface area contributed by atoms with Crippen molar-refractivity contribution in [1.29, 1.82) is 0 Å². The first kappa shape index (κ1) is 14.5. The van der Waals surface area contributed by atoms with Gasteiger partial charge in [0.2, 0.25) is 0 Å². The summed E-state index contributed by atoms with van der Waals surface area (Å²) in [7, 11) is 0. The van der Waals surface area contributed by atoms with Gasteiger partial charge in [0.1, 0.15) is 23.7 Å². The molecule has 0 spiro atoms. The second-order valence-electron chi connectivity index (χ2n) is 5.72. The van der Waals surface area contributed by atoms with Crippen molar-refractivity contribution in [2.75, 3.05) is 0 Å². The summed E-state index contributed by atoms with van der Waals surface area (Å²) in [6.45, 7) is 1.55. The average molecular weight is 329 g/mol. The number of nitrogens with zero attached hydrogens (tertiary/aromatic N) is 3. The lowest BCUT2D eigenvalue weighted by Gasteiger charge is -2.23. The number of furan rings is 1. The Balaban J connectivity index is 1.40. The molecule has 3 heterocycles. The monoisotopic (exact) mass is 328 g/mol. The minimum Gasteiger partial charge on any atom is -0.460 e. The van der Waals surface area contributed by atoms with Gasteiger partial charge in [-0.25, -0.2) is 9.67 Å². The Morgan fingerprint density at radius 1 is 1.26 bits per heavy atom. The van der Waals surface area contributed by atoms with Gasteiger partial charge < -0.3 is 9.73 Å². The van der Waals surface area contributed by atoms with Crippen LogP contribution in [-0.2, 0) is 19.5 Å². The van der Waals surface area contributed by atoms with Gasteiger partial charge in [0.25, 0.3) is 0 Å². The van der Waals surface area contributed by atoms with Gasteiger partial charge in [-0.15, -0.1) is 0 Å². The number of hydrogen-bond donors (Lipinski definition) is 1. The van der Waals surface area contributed by atoms with E-state index in [-0.39, 0.29) is 0 Å². The normalized spacial score (nSPS) is 17.2. The van der Waals surface area contributed by atoms with Gasteiger partial charge in [0, 0.05) is 18.0 Å². The van der Waals surface area contributed by atoms with E-state index in [4.69, 9.17) is 16.0 Å². The van der Waals surface area contributed by atoms with E-state index in [1.165, 1.54) is 0 Å². The molecule has 23 heavy (non-hydrogen) atoms. The Morgan fingerprint density at radius 2 is 2.17 bits per heavy atom. The second-order valence-corrected chi connectivity index (χ2v) is 6.13. The van der Waals surface area contributed by atoms with Crippen LogP contribution in [0, 0.1) is 0 Å². The second kappa shape index (κ2) is 6.18. The molecule has 1 atom stereocenters. The lowest BCUT2D eigenvalue weighted by atomic mass is 10.1. The molecule has 1 aromatic carbocycles. The van der Waals surface area contributed by atoms with E-state index in [2.05, 4.69) is 15.4 Å². The Kier molecular flexibility index (Phi) is 3.89. The Labute approximate surface area is 139 Å². The number of rotatable bonds is 4. The van der Waals surface area contributed by atoms with Crippen LogP contribution in [0.25, 0.3) is 11.3 Å². The van der Waals surface area contributed by atoms with Crippen LogP contribution in [0.2, 0.25) is 5.02 Å². The van der Waals surface area contributed by atoms with E-state index >= 15 is 0 Å². The summed E-state index contributed by atoms with van der Waals surface area (Å²) < 4.78 is 7.89. The number of fused-ring (bicyclic) bond motifs is 1. The summed E-state index contributed by atoms with van der Waals surface area (Å²) in [5.74, 6) is 2.78. The summed E-state index contributed by atoms with van der Waals surface area (Å²) in [5.41, 5.74) is 0.922. The highest BCUT2D eigenvalue weighted by molar-refractivity contribution is 6.33. The van der Waals surface area contributed by atoms with E-state index in [9.17, 15) is 0 Å². The average Bonchev–Trinajstić information content (AvgIpc) is 3.22. The minimum absolute atomic E-state index is 0.387. The highest BCUT2D eigenvalue weighted by Crippen LogP contribution is 2.29. The third kappa shape index (κ3) is 3.02. The number of aromatic nitrogens is 3. The first-order valence-electron chi connectivity index (χ1n) is 7.73. The molecule has 5 nitrogen and oxygen atoms in total. The molecule has 0 radical (unpaired) electrons. The lowest BCUT2D eigenvalue weighted by Crippen LogP contribution is -2.37. The maximum Gasteiger partial charge on any atom is 0.138 e. The van der Waals surface area contributed by atoms with Gasteiger partial charge in [-0.05, 0) is 30.7 Å². The van der Waals surface area contributed by atoms with Crippen molar-refractivity contribution in [2.45, 2.75) is 32.0 Å². The standard InChI is InChI=1S/C17H17ClN4O/c18-15-4-2-1-3-14(15)16-7-6-13(23-16)9-19-12-5-8-17-20-11-21-22(17)10-12/h1-4,6-7,11-12,19H,5,8-10H2. The predicted octanol–water partition coefficient (Wildman–Crippen LogP) is 3.30. The van der Waals surface area contributed by atoms with E-state index in [0.717, 1.165) is 42.3 Å². The fourth-order valence-electron chi connectivity index (χ4n) is 2.93. The molecule has 1 aliphatic heterocycles. The zero-order valence-corrected chi connectivity index (χ0v) is 13.3. The van der Waals surface area contributed by atoms with Gasteiger partial charge >= 0.3 is 0 Å². The largest absolute Gasteiger partial charge is 0.460 e. The van der Waals surface area contributed by atoms with Crippen LogP contribution in [0.15, 0.2) is 47.1 Å². The summed E-state index contributed by atoms with van der Waals surface area (Å²) in [5, 5.41) is 8.48. The van der Waals surface area contributed by atoms with Crippen molar-refractivity contribution in [3.63, 3.8) is 0 Å². The fraction of sp³-hybridized carbons (Fsp3) is 0.294. The third-order valence-corrected chi connectivity index (χ3v) is 4.50. The predicted molar refractivity (Wildman–Crippen MR) is 88.1 cm³/mol. The molecule has 4 rings (SSSR count). The summed E-state index contributed by atoms with van der Waals surface area (Å²) >= 11 is 6.21. The molecule has 0 saturated heterocycles. The van der Waals surface area contributed by atoms with Crippen LogP contribution in [0.5, 0.6) is 0 Å². The molecule has 0 aliphatic carbocycles. The van der Waals surface area contributed by atoms with Crippen LogP contribution in [0.4, 0.5) is 0 Å². The first-order valence-corrected chi connectivity index (χ1v) is 8.11. The van der Waals surface area contributed by atoms with Crippen molar-refractivity contribution >= 4 is 11.6 Å². The van der Waals surface area contributed by atoms with Crippen molar-refractivity contribution in [3.05, 3.63) is 59.3 Å². The molecule has 1 aliphatic rings. The van der Waals surface area contributed by atoms with E-state index in [1.54, 1.807) is 6.33 Å². The quantitative estimate of drug-likeness (QED) is 0.798. The fourth-order valence-corrected chi connectivity index (χ4v) is 3.16. The van der Waals surface area contributed by atoms with Gasteiger partial charge in [0.05, 0.1) is 18.1 Å². The molecule has 2 aromatic heterocycles. The van der Waals surface area contributed by atoms with Crippen LogP contribution in [0.3, 0.4) is 0 Å². The topological polar surface area (TPSA) is 55.9 Å². The molecule has 1 N–H and O–H groups in total. The number of halogens is 1. The lowest BCUT2D eigenvalue weighted by molar-refractivity contribution is 0.345. The highest BCUT2D eigenvalue weighted by Gasteiger charge is 2.19. The van der Waals surface area contributed by atoms with Crippen LogP contribution < -0.4 is 5.32 Å². The first-order chi connectivity index (χ1) is 11.3. The van der Waals surface area contributed by atoms with Gasteiger partial charge in [-0.2, -0.15) is 5.10 Å². The maximum atomic E-state index is 6.21. The van der Waals surface area contributed by atoms with Gasteiger partial charge in [0.15, 0.2) is 0 Å². The van der Waals surface area contributed by atoms with E-state index in [1.807, 2.05) is 41.1 Å². The number of hydrogen-bond acceptors (Lipinski definition) is 4. The summed E-state index contributed by atoms with van der Waals surface area (Å²) in [6.07, 6.45) is 3.65. The van der Waals surface area contributed by atoms with Crippen LogP contribution in [-0.4, -0.2) is 20.8 Å². The van der Waals surface area contributed by atoms with E-state index in [0.29, 0.717) is 17.6 Å². The molecular weight excluding hydrogens is 312 g/mol. The van der Waals surface area contributed by atoms with Crippen molar-refractivity contribution in [2.24, 2.45) is 0 Å². The summed E-state index contributed by atoms with van der Waals surface area (Å²) in [6, 6.07) is 12.1. The molecule has 3 aromatic rings. The Morgan fingerprint density at radius 3 is 3.09 bits per heavy atom. The summed E-state index contributed by atoms with van der Waals surface area (Å²) in [4.78, 5) is 4.25. The van der Waals surface area contributed by atoms with Gasteiger partial charge in [-0.3, -0.25) is 0 Å². The number of aryl methyl sites for hydroxylation is 1. The molecule has 118 valence electrons. The Hall–Kier alpha value is -2.11. The zero-order chi connectivity index (χ0) is 15.6. The smallest absolute Gasteiger partial charge is 0.138 e. The van der Waals surface area contributed by atoms with Crippen LogP contribution >= 0.6 is 11.6 Å². The molecule has 0 bridgehead atoms. The highest BCUT2D eigenvalue weighted by atomic mass is 35.5. The minimum atomic E-state index is 0.387. The van der Waals surface area contributed by atoms with Crippen molar-refractivity contribution < 1.29 is 4.42 Å². The van der Waals surface area contributed by atoms with E-state index < -0.39 is 0 Å². The third-order valence-electron chi connectivity index (χ3n) is 4.17. The Bertz CT molecular complexity index is 810. The van der Waals surface area contributed by atoms with Crippen molar-refractivity contribution in [1.82, 2.24) is 20.1 Å². The number of nitrogens with one attached hydrogen (secondary N) is 1. The molecule has 6 heteroatoms. The zero-order valence-electron chi connectivity index (χ0n) is 12.6. The number of benzene rings is 1. The molecule has 1 unspecified atom stereocenters. The van der Waals surface area contributed by atoms with Gasteiger partial charge in [-0.1, -0.05) is 23.7 Å². The maximum absolute atomic E-state index is 6.21.